The van der Waals surface area contributed by atoms with Crippen molar-refractivity contribution in [3.8, 4) is 0 Å². The van der Waals surface area contributed by atoms with Crippen molar-refractivity contribution in [1.29, 1.82) is 0 Å². The number of aliphatic hydroxyl groups excluding tert-OH is 1. The Balaban J connectivity index is 0.00000576. The molecule has 1 saturated heterocycles. The topological polar surface area (TPSA) is 132 Å². The lowest BCUT2D eigenvalue weighted by Crippen LogP contribution is -2.27. The lowest BCUT2D eigenvalue weighted by molar-refractivity contribution is -0.158. The Bertz CT molecular complexity index is 468. The van der Waals surface area contributed by atoms with Crippen molar-refractivity contribution in [3.05, 3.63) is 5.57 Å². The maximum Gasteiger partial charge on any atom is 0.350 e. The maximum atomic E-state index is 11.7. The Morgan fingerprint density at radius 1 is 1.12 bits per heavy atom. The van der Waals surface area contributed by atoms with E-state index in [1.807, 2.05) is 0 Å². The summed E-state index contributed by atoms with van der Waals surface area (Å²) >= 11 is 0. The highest BCUT2D eigenvalue weighted by molar-refractivity contribution is 5.93. The molecule has 1 fully saturated rings. The molecular weight excluding hydrogens is 328 g/mol. The van der Waals surface area contributed by atoms with Gasteiger partial charge in [-0.1, -0.05) is 64.7 Å². The van der Waals surface area contributed by atoms with Crippen LogP contribution in [0.1, 0.15) is 71.1 Å². The summed E-state index contributed by atoms with van der Waals surface area (Å²) in [7, 11) is 0. The van der Waals surface area contributed by atoms with Crippen LogP contribution in [0, 0.1) is 5.92 Å². The highest BCUT2D eigenvalue weighted by Gasteiger charge is 2.48. The van der Waals surface area contributed by atoms with Gasteiger partial charge in [-0.05, 0) is 6.42 Å². The fourth-order valence-electron chi connectivity index (χ4n) is 3.04. The second-order valence-electron chi connectivity index (χ2n) is 6.37. The number of esters is 1. The number of aliphatic carboxylic acids is 1. The Kier molecular flexibility index (Phi) is 11.8. The van der Waals surface area contributed by atoms with Gasteiger partial charge >= 0.3 is 11.9 Å². The van der Waals surface area contributed by atoms with Crippen LogP contribution in [0.25, 0.3) is 0 Å². The maximum absolute atomic E-state index is 11.7. The average molecular weight is 358 g/mol. The lowest BCUT2D eigenvalue weighted by atomic mass is 9.90. The minimum Gasteiger partial charge on any atom is -0.478 e. The summed E-state index contributed by atoms with van der Waals surface area (Å²) in [4.78, 5) is 33.6. The largest absolute Gasteiger partial charge is 0.478 e. The molecule has 3 unspecified atom stereocenters. The van der Waals surface area contributed by atoms with Gasteiger partial charge in [0.15, 0.2) is 0 Å². The van der Waals surface area contributed by atoms with Crippen LogP contribution >= 0.6 is 0 Å². The van der Waals surface area contributed by atoms with Gasteiger partial charge < -0.3 is 20.4 Å². The van der Waals surface area contributed by atoms with E-state index in [9.17, 15) is 19.5 Å². The number of carboxylic acids is 1. The third-order valence-corrected chi connectivity index (χ3v) is 4.44. The second kappa shape index (κ2) is 12.6. The predicted octanol–water partition coefficient (Wildman–Crippen LogP) is 1.83. The first-order valence-corrected chi connectivity index (χ1v) is 8.89. The molecule has 0 aromatic heterocycles. The van der Waals surface area contributed by atoms with Crippen molar-refractivity contribution in [2.75, 3.05) is 0 Å². The van der Waals surface area contributed by atoms with Crippen molar-refractivity contribution in [2.24, 2.45) is 5.92 Å². The molecule has 1 heterocycles. The minimum atomic E-state index is -1.61. The lowest BCUT2D eigenvalue weighted by Gasteiger charge is -2.14. The van der Waals surface area contributed by atoms with Crippen LogP contribution in [0.15, 0.2) is 5.57 Å². The molecule has 1 rings (SSSR count). The molecule has 3 atom stereocenters. The summed E-state index contributed by atoms with van der Waals surface area (Å²) in [5.74, 6) is -2.00. The van der Waals surface area contributed by atoms with E-state index in [0.717, 1.165) is 25.7 Å². The molecular formula is C18H30O7. The Labute approximate surface area is 148 Å². The minimum absolute atomic E-state index is 0. The molecule has 0 spiro atoms. The number of carbonyl (C=O) groups excluding carboxylic acids is 2. The van der Waals surface area contributed by atoms with Crippen molar-refractivity contribution in [1.82, 2.24) is 0 Å². The number of carbonyl (C=O) groups is 2. The van der Waals surface area contributed by atoms with Crippen LogP contribution in [0.2, 0.25) is 0 Å². The Morgan fingerprint density at radius 3 is 2.12 bits per heavy atom. The molecule has 0 aromatic rings. The van der Waals surface area contributed by atoms with Gasteiger partial charge in [0.05, 0.1) is 11.7 Å². The number of carboxylic acid groups (broad SMARTS) is 1. The molecule has 144 valence electrons. The van der Waals surface area contributed by atoms with Gasteiger partial charge in [0, 0.05) is 0 Å². The molecule has 1 aliphatic heterocycles. The standard InChI is InChI=1S/C18H28O6.H2O/c1-2-3-4-5-6-7-8-9-10-11-14(20)15-13(12-19)16(17(21)22)24-18(15)23;/h14-16,20H,2-11H2,1H3,(H,21,22);1H2. The summed E-state index contributed by atoms with van der Waals surface area (Å²) in [5.41, 5.74) is -0.309. The number of hydrogen-bond donors (Lipinski definition) is 2. The quantitative estimate of drug-likeness (QED) is 0.311. The van der Waals surface area contributed by atoms with Crippen LogP contribution in [0.5, 0.6) is 0 Å². The number of rotatable bonds is 12. The van der Waals surface area contributed by atoms with Crippen LogP contribution in [-0.2, 0) is 19.1 Å². The van der Waals surface area contributed by atoms with Crippen molar-refractivity contribution in [2.45, 2.75) is 83.3 Å². The van der Waals surface area contributed by atoms with Crippen LogP contribution in [0.3, 0.4) is 0 Å². The van der Waals surface area contributed by atoms with Crippen LogP contribution in [-0.4, -0.2) is 45.8 Å². The van der Waals surface area contributed by atoms with E-state index in [1.165, 1.54) is 38.0 Å². The number of cyclic esters (lactones) is 1. The molecule has 0 saturated carbocycles. The fourth-order valence-corrected chi connectivity index (χ4v) is 3.04. The molecule has 0 aromatic carbocycles. The van der Waals surface area contributed by atoms with E-state index in [2.05, 4.69) is 11.7 Å². The molecule has 0 bridgehead atoms. The van der Waals surface area contributed by atoms with E-state index in [-0.39, 0.29) is 11.0 Å². The van der Waals surface area contributed by atoms with Crippen LogP contribution < -0.4 is 0 Å². The molecule has 0 aliphatic carbocycles. The highest BCUT2D eigenvalue weighted by Crippen LogP contribution is 2.30. The molecule has 1 aliphatic rings. The van der Waals surface area contributed by atoms with E-state index >= 15 is 0 Å². The molecule has 4 N–H and O–H groups in total. The smallest absolute Gasteiger partial charge is 0.350 e. The van der Waals surface area contributed by atoms with Crippen molar-refractivity contribution in [3.63, 3.8) is 0 Å². The van der Waals surface area contributed by atoms with E-state index < -0.39 is 30.1 Å². The zero-order chi connectivity index (χ0) is 17.9. The third kappa shape index (κ3) is 7.38. The average Bonchev–Trinajstić information content (AvgIpc) is 2.90. The van der Waals surface area contributed by atoms with Crippen molar-refractivity contribution < 1.29 is 34.8 Å². The predicted molar refractivity (Wildman–Crippen MR) is 91.7 cm³/mol. The fraction of sp³-hybridized carbons (Fsp3) is 0.778. The summed E-state index contributed by atoms with van der Waals surface area (Å²) in [6.45, 7) is 2.19. The summed E-state index contributed by atoms with van der Waals surface area (Å²) in [6, 6.07) is 0. The number of ether oxygens (including phenoxy) is 1. The van der Waals surface area contributed by atoms with Gasteiger partial charge in [-0.3, -0.25) is 4.79 Å². The SMILES string of the molecule is CCCCCCCCCCCC(O)C1C(=O)OC(C(=O)O)C1=C=O.O. The van der Waals surface area contributed by atoms with Gasteiger partial charge in [0.2, 0.25) is 6.10 Å². The van der Waals surface area contributed by atoms with Gasteiger partial charge in [0.1, 0.15) is 11.9 Å². The van der Waals surface area contributed by atoms with Gasteiger partial charge in [-0.2, -0.15) is 0 Å². The monoisotopic (exact) mass is 358 g/mol. The number of hydrogen-bond acceptors (Lipinski definition) is 5. The molecule has 0 radical (unpaired) electrons. The molecule has 7 nitrogen and oxygen atoms in total. The molecule has 7 heteroatoms. The molecule has 0 amide bonds. The van der Waals surface area contributed by atoms with E-state index in [1.54, 1.807) is 0 Å². The first kappa shape index (κ1) is 23.3. The highest BCUT2D eigenvalue weighted by atomic mass is 16.6. The van der Waals surface area contributed by atoms with E-state index in [4.69, 9.17) is 5.11 Å². The van der Waals surface area contributed by atoms with Gasteiger partial charge in [0.25, 0.3) is 0 Å². The third-order valence-electron chi connectivity index (χ3n) is 4.44. The van der Waals surface area contributed by atoms with Gasteiger partial charge in [-0.25, -0.2) is 9.59 Å². The summed E-state index contributed by atoms with van der Waals surface area (Å²) in [6.07, 6.45) is 7.81. The second-order valence-corrected chi connectivity index (χ2v) is 6.37. The Morgan fingerprint density at radius 2 is 1.64 bits per heavy atom. The first-order chi connectivity index (χ1) is 11.5. The number of aliphatic hydroxyl groups is 1. The first-order valence-electron chi connectivity index (χ1n) is 8.89. The summed E-state index contributed by atoms with van der Waals surface area (Å²) in [5, 5.41) is 19.1. The van der Waals surface area contributed by atoms with E-state index in [0.29, 0.717) is 6.42 Å². The zero-order valence-electron chi connectivity index (χ0n) is 14.8. The van der Waals surface area contributed by atoms with Crippen LogP contribution in [0.4, 0.5) is 0 Å². The summed E-state index contributed by atoms with van der Waals surface area (Å²) < 4.78 is 4.65. The van der Waals surface area contributed by atoms with Gasteiger partial charge in [-0.15, -0.1) is 0 Å². The normalized spacial score (nSPS) is 20.6. The zero-order valence-corrected chi connectivity index (χ0v) is 14.8. The van der Waals surface area contributed by atoms with Crippen molar-refractivity contribution >= 4 is 17.9 Å². The Hall–Kier alpha value is -1.69. The number of unbranched alkanes of at least 4 members (excludes halogenated alkanes) is 8. The molecule has 25 heavy (non-hydrogen) atoms.